The van der Waals surface area contributed by atoms with E-state index in [9.17, 15) is 10.1 Å². The van der Waals surface area contributed by atoms with Crippen LogP contribution in [0.4, 0.5) is 0 Å². The zero-order chi connectivity index (χ0) is 23.4. The maximum Gasteiger partial charge on any atom is 0.315 e. The zero-order valence-corrected chi connectivity index (χ0v) is 18.2. The van der Waals surface area contributed by atoms with Crippen LogP contribution >= 0.6 is 0 Å². The first kappa shape index (κ1) is 21.8. The van der Waals surface area contributed by atoms with Gasteiger partial charge in [-0.3, -0.25) is 4.79 Å². The molecule has 4 rings (SSSR count). The highest BCUT2D eigenvalue weighted by atomic mass is 16.5. The third-order valence-electron chi connectivity index (χ3n) is 5.35. The predicted octanol–water partition coefficient (Wildman–Crippen LogP) is 4.07. The van der Waals surface area contributed by atoms with Crippen molar-refractivity contribution < 1.29 is 23.7 Å². The minimum atomic E-state index is -0.479. The molecule has 166 valence electrons. The summed E-state index contributed by atoms with van der Waals surface area (Å²) >= 11 is 0. The Bertz CT molecular complexity index is 1260. The van der Waals surface area contributed by atoms with Crippen molar-refractivity contribution in [2.45, 2.75) is 12.3 Å². The summed E-state index contributed by atoms with van der Waals surface area (Å²) in [4.78, 5) is 12.4. The van der Waals surface area contributed by atoms with Crippen LogP contribution in [0, 0.1) is 11.3 Å². The van der Waals surface area contributed by atoms with E-state index in [0.717, 1.165) is 16.7 Å². The number of allylic oxidation sites excluding steroid dienone is 1. The fraction of sp³-hybridized carbons (Fsp3) is 0.154. The summed E-state index contributed by atoms with van der Waals surface area (Å²) in [6.07, 6.45) is 0.146. The second-order valence-electron chi connectivity index (χ2n) is 7.38. The second kappa shape index (κ2) is 9.37. The Hall–Kier alpha value is -4.44. The van der Waals surface area contributed by atoms with Crippen LogP contribution in [-0.4, -0.2) is 20.2 Å². The topological polar surface area (TPSA) is 104 Å². The Balaban J connectivity index is 1.66. The average Bonchev–Trinajstić information content (AvgIpc) is 2.83. The van der Waals surface area contributed by atoms with Crippen LogP contribution in [0.2, 0.25) is 0 Å². The molecule has 1 unspecified atom stereocenters. The number of ether oxygens (including phenoxy) is 4. The van der Waals surface area contributed by atoms with E-state index >= 15 is 0 Å². The maximum absolute atomic E-state index is 12.4. The normalized spacial score (nSPS) is 14.5. The predicted molar refractivity (Wildman–Crippen MR) is 121 cm³/mol. The minimum absolute atomic E-state index is 0.00227. The van der Waals surface area contributed by atoms with Gasteiger partial charge in [-0.1, -0.05) is 42.5 Å². The lowest BCUT2D eigenvalue weighted by Gasteiger charge is -2.27. The molecule has 3 aromatic rings. The average molecular weight is 442 g/mol. The van der Waals surface area contributed by atoms with Gasteiger partial charge in [-0.25, -0.2) is 0 Å². The van der Waals surface area contributed by atoms with Gasteiger partial charge in [-0.05, 0) is 29.3 Å². The lowest BCUT2D eigenvalue weighted by molar-refractivity contribution is -0.133. The number of hydrogen-bond acceptors (Lipinski definition) is 7. The van der Waals surface area contributed by atoms with Gasteiger partial charge in [-0.15, -0.1) is 0 Å². The quantitative estimate of drug-likeness (QED) is 0.453. The summed E-state index contributed by atoms with van der Waals surface area (Å²) in [6.45, 7) is 0. The van der Waals surface area contributed by atoms with E-state index in [0.29, 0.717) is 23.0 Å². The number of hydrogen-bond donors (Lipinski definition) is 1. The summed E-state index contributed by atoms with van der Waals surface area (Å²) in [5.41, 5.74) is 8.72. The van der Waals surface area contributed by atoms with Crippen LogP contribution in [0.15, 0.2) is 78.2 Å². The summed E-state index contributed by atoms with van der Waals surface area (Å²) in [5, 5.41) is 9.77. The fourth-order valence-electron chi connectivity index (χ4n) is 3.80. The van der Waals surface area contributed by atoms with Gasteiger partial charge in [0.25, 0.3) is 0 Å². The standard InChI is InChI=1S/C26H22N2O5/c1-30-21-11-8-17(13-23(21)31-2)25-19-10-9-18(14-22(19)33-26(28)20(25)15-27)32-24(29)12-16-6-4-3-5-7-16/h3-11,13-14,25H,12,28H2,1-2H3. The van der Waals surface area contributed by atoms with Crippen molar-refractivity contribution in [3.05, 3.63) is 94.9 Å². The van der Waals surface area contributed by atoms with Crippen molar-refractivity contribution in [2.75, 3.05) is 14.2 Å². The van der Waals surface area contributed by atoms with Crippen LogP contribution in [-0.2, 0) is 11.2 Å². The van der Waals surface area contributed by atoms with Crippen molar-refractivity contribution in [1.82, 2.24) is 0 Å². The van der Waals surface area contributed by atoms with Gasteiger partial charge < -0.3 is 24.7 Å². The number of carbonyl (C=O) groups excluding carboxylic acids is 1. The van der Waals surface area contributed by atoms with Crippen molar-refractivity contribution in [1.29, 1.82) is 5.26 Å². The summed E-state index contributed by atoms with van der Waals surface area (Å²) < 4.78 is 22.0. The third kappa shape index (κ3) is 4.46. The molecule has 0 saturated carbocycles. The smallest absolute Gasteiger partial charge is 0.315 e. The first-order valence-electron chi connectivity index (χ1n) is 10.2. The zero-order valence-electron chi connectivity index (χ0n) is 18.2. The van der Waals surface area contributed by atoms with Gasteiger partial charge in [0.15, 0.2) is 11.5 Å². The summed E-state index contributed by atoms with van der Waals surface area (Å²) in [6, 6.07) is 22.0. The third-order valence-corrected chi connectivity index (χ3v) is 5.35. The lowest BCUT2D eigenvalue weighted by Crippen LogP contribution is -2.21. The van der Waals surface area contributed by atoms with E-state index in [1.807, 2.05) is 36.4 Å². The van der Waals surface area contributed by atoms with E-state index in [2.05, 4.69) is 6.07 Å². The molecule has 0 fully saturated rings. The molecule has 1 atom stereocenters. The maximum atomic E-state index is 12.4. The molecule has 1 aliphatic heterocycles. The first-order chi connectivity index (χ1) is 16.0. The highest BCUT2D eigenvalue weighted by Gasteiger charge is 2.31. The Morgan fingerprint density at radius 1 is 1.03 bits per heavy atom. The van der Waals surface area contributed by atoms with E-state index < -0.39 is 11.9 Å². The monoisotopic (exact) mass is 442 g/mol. The van der Waals surface area contributed by atoms with Gasteiger partial charge in [0.2, 0.25) is 5.88 Å². The lowest BCUT2D eigenvalue weighted by atomic mass is 9.83. The number of fused-ring (bicyclic) bond motifs is 1. The van der Waals surface area contributed by atoms with Crippen LogP contribution in [0.1, 0.15) is 22.6 Å². The number of nitrogens with two attached hydrogens (primary N) is 1. The molecule has 2 N–H and O–H groups in total. The molecule has 0 aromatic heterocycles. The highest BCUT2D eigenvalue weighted by molar-refractivity contribution is 5.75. The van der Waals surface area contributed by atoms with Crippen LogP contribution < -0.4 is 24.7 Å². The Labute approximate surface area is 191 Å². The summed E-state index contributed by atoms with van der Waals surface area (Å²) in [5.74, 6) is 0.972. The largest absolute Gasteiger partial charge is 0.493 e. The van der Waals surface area contributed by atoms with Gasteiger partial charge in [0.05, 0.1) is 26.6 Å². The molecule has 0 radical (unpaired) electrons. The molecule has 0 aliphatic carbocycles. The van der Waals surface area contributed by atoms with Gasteiger partial charge >= 0.3 is 5.97 Å². The van der Waals surface area contributed by atoms with Gasteiger partial charge in [0, 0.05) is 11.6 Å². The van der Waals surface area contributed by atoms with Gasteiger partial charge in [0.1, 0.15) is 23.1 Å². The molecule has 7 nitrogen and oxygen atoms in total. The van der Waals surface area contributed by atoms with E-state index in [4.69, 9.17) is 24.7 Å². The van der Waals surface area contributed by atoms with Crippen molar-refractivity contribution >= 4 is 5.97 Å². The Morgan fingerprint density at radius 2 is 1.79 bits per heavy atom. The SMILES string of the molecule is COc1ccc(C2C(C#N)=C(N)Oc3cc(OC(=O)Cc4ccccc4)ccc32)cc1OC. The van der Waals surface area contributed by atoms with Crippen molar-refractivity contribution in [3.8, 4) is 29.1 Å². The van der Waals surface area contributed by atoms with Crippen LogP contribution in [0.25, 0.3) is 0 Å². The van der Waals surface area contributed by atoms with E-state index in [1.54, 1.807) is 44.6 Å². The molecular formula is C26H22N2O5. The van der Waals surface area contributed by atoms with Crippen molar-refractivity contribution in [2.24, 2.45) is 5.73 Å². The number of nitriles is 1. The second-order valence-corrected chi connectivity index (χ2v) is 7.38. The Kier molecular flexibility index (Phi) is 6.18. The molecule has 1 aliphatic rings. The molecule has 33 heavy (non-hydrogen) atoms. The molecule has 1 heterocycles. The molecule has 0 spiro atoms. The number of esters is 1. The molecular weight excluding hydrogens is 420 g/mol. The van der Waals surface area contributed by atoms with E-state index in [-0.39, 0.29) is 17.9 Å². The number of rotatable bonds is 6. The molecule has 0 bridgehead atoms. The number of benzene rings is 3. The molecule has 0 saturated heterocycles. The number of carbonyl (C=O) groups is 1. The fourth-order valence-corrected chi connectivity index (χ4v) is 3.80. The highest BCUT2D eigenvalue weighted by Crippen LogP contribution is 2.45. The first-order valence-corrected chi connectivity index (χ1v) is 10.2. The van der Waals surface area contributed by atoms with Crippen LogP contribution in [0.5, 0.6) is 23.0 Å². The number of methoxy groups -OCH3 is 2. The van der Waals surface area contributed by atoms with Crippen molar-refractivity contribution in [3.63, 3.8) is 0 Å². The Morgan fingerprint density at radius 3 is 2.48 bits per heavy atom. The summed E-state index contributed by atoms with van der Waals surface area (Å²) in [7, 11) is 3.10. The molecule has 3 aromatic carbocycles. The number of nitrogens with zero attached hydrogens (tertiary/aromatic N) is 1. The van der Waals surface area contributed by atoms with E-state index in [1.165, 1.54) is 0 Å². The molecule has 7 heteroatoms. The minimum Gasteiger partial charge on any atom is -0.493 e. The van der Waals surface area contributed by atoms with Crippen LogP contribution in [0.3, 0.4) is 0 Å². The molecule has 0 amide bonds. The van der Waals surface area contributed by atoms with Gasteiger partial charge in [-0.2, -0.15) is 5.26 Å².